The smallest absolute Gasteiger partial charge is 0.261 e. The maximum Gasteiger partial charge on any atom is 0.261 e. The Bertz CT molecular complexity index is 998. The first-order valence-electron chi connectivity index (χ1n) is 8.84. The van der Waals surface area contributed by atoms with Crippen LogP contribution in [0.15, 0.2) is 71.8 Å². The molecule has 2 aromatic carbocycles. The third kappa shape index (κ3) is 4.86. The molecule has 0 fully saturated rings. The first kappa shape index (κ1) is 18.9. The van der Waals surface area contributed by atoms with Crippen molar-refractivity contribution in [2.45, 2.75) is 31.7 Å². The topological polar surface area (TPSA) is 71.1 Å². The molecule has 0 atom stereocenters. The lowest BCUT2D eigenvalue weighted by Crippen LogP contribution is -2.13. The highest BCUT2D eigenvalue weighted by Gasteiger charge is 2.14. The summed E-state index contributed by atoms with van der Waals surface area (Å²) in [6.07, 6.45) is 2.38. The summed E-state index contributed by atoms with van der Waals surface area (Å²) in [5.74, 6) is 0.688. The van der Waals surface area contributed by atoms with Crippen molar-refractivity contribution in [2.24, 2.45) is 0 Å². The van der Waals surface area contributed by atoms with Crippen LogP contribution in [0, 0.1) is 6.92 Å². The van der Waals surface area contributed by atoms with E-state index in [9.17, 15) is 8.42 Å². The quantitative estimate of drug-likeness (QED) is 0.638. The molecular weight excluding hydrogens is 358 g/mol. The minimum atomic E-state index is -3.62. The standard InChI is InChI=1S/C21H23N3O2S/c1-3-17-8-11-20(12-9-17)27(25,26)24-19-10-13-21(23-15-19)22-14-18-7-5-4-6-16(18)2/h4-13,15,24H,3,14H2,1-2H3,(H,22,23). The maximum atomic E-state index is 12.5. The maximum absolute atomic E-state index is 12.5. The van der Waals surface area contributed by atoms with E-state index in [0.29, 0.717) is 18.1 Å². The van der Waals surface area contributed by atoms with E-state index in [1.807, 2.05) is 31.2 Å². The van der Waals surface area contributed by atoms with Gasteiger partial charge in [0.15, 0.2) is 0 Å². The van der Waals surface area contributed by atoms with Crippen molar-refractivity contribution in [1.29, 1.82) is 0 Å². The molecule has 27 heavy (non-hydrogen) atoms. The molecule has 0 radical (unpaired) electrons. The zero-order valence-electron chi connectivity index (χ0n) is 15.4. The van der Waals surface area contributed by atoms with Gasteiger partial charge in [-0.05, 0) is 54.3 Å². The van der Waals surface area contributed by atoms with E-state index >= 15 is 0 Å². The van der Waals surface area contributed by atoms with Crippen molar-refractivity contribution in [3.63, 3.8) is 0 Å². The van der Waals surface area contributed by atoms with E-state index < -0.39 is 10.0 Å². The van der Waals surface area contributed by atoms with Crippen molar-refractivity contribution in [1.82, 2.24) is 4.98 Å². The van der Waals surface area contributed by atoms with Gasteiger partial charge in [-0.1, -0.05) is 43.3 Å². The monoisotopic (exact) mass is 381 g/mol. The second kappa shape index (κ2) is 8.22. The molecule has 0 saturated heterocycles. The Morgan fingerprint density at radius 3 is 2.33 bits per heavy atom. The number of anilines is 2. The van der Waals surface area contributed by atoms with Crippen molar-refractivity contribution >= 4 is 21.5 Å². The SMILES string of the molecule is CCc1ccc(S(=O)(=O)Nc2ccc(NCc3ccccc3C)nc2)cc1. The van der Waals surface area contributed by atoms with E-state index in [1.54, 1.807) is 24.3 Å². The molecule has 3 rings (SSSR count). The summed E-state index contributed by atoms with van der Waals surface area (Å²) in [5.41, 5.74) is 3.93. The molecule has 140 valence electrons. The van der Waals surface area contributed by atoms with Crippen molar-refractivity contribution in [3.8, 4) is 0 Å². The first-order valence-corrected chi connectivity index (χ1v) is 10.3. The number of aromatic nitrogens is 1. The van der Waals surface area contributed by atoms with Crippen molar-refractivity contribution in [3.05, 3.63) is 83.6 Å². The van der Waals surface area contributed by atoms with Gasteiger partial charge in [-0.2, -0.15) is 0 Å². The van der Waals surface area contributed by atoms with Crippen molar-refractivity contribution < 1.29 is 8.42 Å². The lowest BCUT2D eigenvalue weighted by molar-refractivity contribution is 0.601. The Morgan fingerprint density at radius 2 is 1.70 bits per heavy atom. The number of sulfonamides is 1. The molecule has 0 saturated carbocycles. The first-order chi connectivity index (χ1) is 13.0. The molecule has 0 unspecified atom stereocenters. The molecule has 0 aliphatic heterocycles. The van der Waals surface area contributed by atoms with E-state index in [-0.39, 0.29) is 4.90 Å². The minimum absolute atomic E-state index is 0.237. The molecule has 2 N–H and O–H groups in total. The number of pyridine rings is 1. The van der Waals surface area contributed by atoms with Crippen molar-refractivity contribution in [2.75, 3.05) is 10.0 Å². The second-order valence-corrected chi connectivity index (χ2v) is 8.00. The number of nitrogens with zero attached hydrogens (tertiary/aromatic N) is 1. The summed E-state index contributed by atoms with van der Waals surface area (Å²) >= 11 is 0. The van der Waals surface area contributed by atoms with Crippen LogP contribution in [0.4, 0.5) is 11.5 Å². The van der Waals surface area contributed by atoms with Crippen LogP contribution < -0.4 is 10.0 Å². The van der Waals surface area contributed by atoms with Gasteiger partial charge >= 0.3 is 0 Å². The van der Waals surface area contributed by atoms with Crippen LogP contribution in [0.5, 0.6) is 0 Å². The Balaban J connectivity index is 1.65. The lowest BCUT2D eigenvalue weighted by Gasteiger charge is -2.10. The summed E-state index contributed by atoms with van der Waals surface area (Å²) in [7, 11) is -3.62. The Morgan fingerprint density at radius 1 is 0.963 bits per heavy atom. The number of hydrogen-bond donors (Lipinski definition) is 2. The predicted octanol–water partition coefficient (Wildman–Crippen LogP) is 4.37. The van der Waals surface area contributed by atoms with Gasteiger partial charge in [0.25, 0.3) is 10.0 Å². The van der Waals surface area contributed by atoms with Crippen LogP contribution in [-0.2, 0) is 23.0 Å². The summed E-state index contributed by atoms with van der Waals surface area (Å²) in [4.78, 5) is 4.53. The van der Waals surface area contributed by atoms with Gasteiger partial charge in [0.2, 0.25) is 0 Å². The number of nitrogens with one attached hydrogen (secondary N) is 2. The lowest BCUT2D eigenvalue weighted by atomic mass is 10.1. The molecule has 0 amide bonds. The van der Waals surface area contributed by atoms with E-state index in [0.717, 1.165) is 12.0 Å². The molecule has 3 aromatic rings. The van der Waals surface area contributed by atoms with Crippen LogP contribution in [0.3, 0.4) is 0 Å². The van der Waals surface area contributed by atoms with Crippen LogP contribution >= 0.6 is 0 Å². The average Bonchev–Trinajstić information content (AvgIpc) is 2.68. The summed E-state index contributed by atoms with van der Waals surface area (Å²) < 4.78 is 27.5. The van der Waals surface area contributed by atoms with Gasteiger partial charge in [-0.25, -0.2) is 13.4 Å². The molecular formula is C21H23N3O2S. The van der Waals surface area contributed by atoms with E-state index in [2.05, 4.69) is 34.1 Å². The molecule has 6 heteroatoms. The Hall–Kier alpha value is -2.86. The fraction of sp³-hybridized carbons (Fsp3) is 0.190. The molecule has 5 nitrogen and oxygen atoms in total. The minimum Gasteiger partial charge on any atom is -0.366 e. The summed E-state index contributed by atoms with van der Waals surface area (Å²) in [5, 5.41) is 3.25. The largest absolute Gasteiger partial charge is 0.366 e. The van der Waals surface area contributed by atoms with Gasteiger partial charge in [0.05, 0.1) is 16.8 Å². The molecule has 1 aromatic heterocycles. The number of rotatable bonds is 7. The van der Waals surface area contributed by atoms with Gasteiger partial charge in [0, 0.05) is 6.54 Å². The number of benzene rings is 2. The third-order valence-corrected chi connectivity index (χ3v) is 5.78. The number of aryl methyl sites for hydroxylation is 2. The van der Waals surface area contributed by atoms with E-state index in [1.165, 1.54) is 17.3 Å². The summed E-state index contributed by atoms with van der Waals surface area (Å²) in [6.45, 7) is 4.76. The molecule has 0 bridgehead atoms. The normalized spacial score (nSPS) is 11.2. The molecule has 0 aliphatic carbocycles. The van der Waals surface area contributed by atoms with Crippen LogP contribution in [-0.4, -0.2) is 13.4 Å². The average molecular weight is 382 g/mol. The van der Waals surface area contributed by atoms with E-state index in [4.69, 9.17) is 0 Å². The van der Waals surface area contributed by atoms with Gasteiger partial charge < -0.3 is 5.32 Å². The molecule has 0 spiro atoms. The van der Waals surface area contributed by atoms with Crippen LogP contribution in [0.25, 0.3) is 0 Å². The van der Waals surface area contributed by atoms with Gasteiger partial charge in [0.1, 0.15) is 5.82 Å². The highest BCUT2D eigenvalue weighted by Crippen LogP contribution is 2.18. The molecule has 1 heterocycles. The zero-order valence-corrected chi connectivity index (χ0v) is 16.3. The highest BCUT2D eigenvalue weighted by atomic mass is 32.2. The zero-order chi connectivity index (χ0) is 19.3. The Kier molecular flexibility index (Phi) is 5.76. The van der Waals surface area contributed by atoms with Crippen LogP contribution in [0.1, 0.15) is 23.6 Å². The predicted molar refractivity (Wildman–Crippen MR) is 109 cm³/mol. The van der Waals surface area contributed by atoms with Gasteiger partial charge in [-0.3, -0.25) is 4.72 Å². The second-order valence-electron chi connectivity index (χ2n) is 6.32. The third-order valence-electron chi connectivity index (χ3n) is 4.38. The Labute approximate surface area is 160 Å². The molecule has 0 aliphatic rings. The summed E-state index contributed by atoms with van der Waals surface area (Å²) in [6, 6.07) is 18.5. The van der Waals surface area contributed by atoms with Gasteiger partial charge in [-0.15, -0.1) is 0 Å². The number of hydrogen-bond acceptors (Lipinski definition) is 4. The fourth-order valence-corrected chi connectivity index (χ4v) is 3.71. The van der Waals surface area contributed by atoms with Crippen LogP contribution in [0.2, 0.25) is 0 Å². The highest BCUT2D eigenvalue weighted by molar-refractivity contribution is 7.92. The fourth-order valence-electron chi connectivity index (χ4n) is 2.67.